The standard InChI is InChI=1S/C33H23Cl3N4O3S2/c34-23-12-9-20(10-13-23)29-18-45-33(39-29)40-30(41)19-44-26-8-4-7-25(17-26)37-32(43)28(15-22-11-14-24(35)16-27(22)36)38-31(42)21-5-2-1-3-6-21/h1-18H,19H2,(H,37,43)(H,38,42)(H,39,40,41)/b28-15+. The molecule has 5 aromatic rings. The number of hydrogen-bond acceptors (Lipinski definition) is 6. The zero-order valence-corrected chi connectivity index (χ0v) is 27.1. The number of nitrogens with one attached hydrogen (secondary N) is 3. The van der Waals surface area contributed by atoms with Crippen LogP contribution in [-0.2, 0) is 9.59 Å². The molecule has 0 aliphatic carbocycles. The van der Waals surface area contributed by atoms with Gasteiger partial charge in [-0.25, -0.2) is 4.98 Å². The van der Waals surface area contributed by atoms with Gasteiger partial charge in [0.1, 0.15) is 5.70 Å². The summed E-state index contributed by atoms with van der Waals surface area (Å²) in [5.74, 6) is -1.12. The zero-order chi connectivity index (χ0) is 31.8. The predicted octanol–water partition coefficient (Wildman–Crippen LogP) is 8.91. The maximum absolute atomic E-state index is 13.4. The molecular formula is C33H23Cl3N4O3S2. The molecule has 0 radical (unpaired) electrons. The SMILES string of the molecule is O=C(CSc1cccc(NC(=O)/C(=C\c2ccc(Cl)cc2Cl)NC(=O)c2ccccc2)c1)Nc1nc(-c2ccc(Cl)cc2)cs1. The Labute approximate surface area is 282 Å². The van der Waals surface area contributed by atoms with Crippen LogP contribution in [-0.4, -0.2) is 28.5 Å². The fourth-order valence-corrected chi connectivity index (χ4v) is 6.05. The summed E-state index contributed by atoms with van der Waals surface area (Å²) < 4.78 is 0. The molecule has 0 saturated carbocycles. The number of rotatable bonds is 10. The van der Waals surface area contributed by atoms with Crippen molar-refractivity contribution in [2.45, 2.75) is 4.90 Å². The van der Waals surface area contributed by atoms with Gasteiger partial charge < -0.3 is 16.0 Å². The molecule has 226 valence electrons. The van der Waals surface area contributed by atoms with Crippen LogP contribution in [0.2, 0.25) is 15.1 Å². The highest BCUT2D eigenvalue weighted by atomic mass is 35.5. The van der Waals surface area contributed by atoms with E-state index >= 15 is 0 Å². The summed E-state index contributed by atoms with van der Waals surface area (Å²) in [6, 6.07) is 27.7. The van der Waals surface area contributed by atoms with E-state index in [0.717, 1.165) is 16.2 Å². The Morgan fingerprint density at radius 2 is 1.58 bits per heavy atom. The number of benzene rings is 4. The summed E-state index contributed by atoms with van der Waals surface area (Å²) in [6.45, 7) is 0. The average Bonchev–Trinajstić information content (AvgIpc) is 3.50. The van der Waals surface area contributed by atoms with Gasteiger partial charge in [0.05, 0.1) is 11.4 Å². The van der Waals surface area contributed by atoms with E-state index in [1.54, 1.807) is 78.9 Å². The number of thiazole rings is 1. The Hall–Kier alpha value is -4.12. The number of hydrogen-bond donors (Lipinski definition) is 3. The van der Waals surface area contributed by atoms with Gasteiger partial charge in [-0.05, 0) is 66.2 Å². The van der Waals surface area contributed by atoms with Gasteiger partial charge in [-0.3, -0.25) is 14.4 Å². The molecule has 0 aliphatic heterocycles. The van der Waals surface area contributed by atoms with Crippen molar-refractivity contribution < 1.29 is 14.4 Å². The second kappa shape index (κ2) is 15.2. The molecule has 3 N–H and O–H groups in total. The van der Waals surface area contributed by atoms with Crippen molar-refractivity contribution in [2.24, 2.45) is 0 Å². The van der Waals surface area contributed by atoms with Gasteiger partial charge in [0.2, 0.25) is 5.91 Å². The normalized spacial score (nSPS) is 11.1. The molecule has 5 rings (SSSR count). The van der Waals surface area contributed by atoms with Crippen LogP contribution in [0.5, 0.6) is 0 Å². The number of amides is 3. The van der Waals surface area contributed by atoms with Gasteiger partial charge in [-0.2, -0.15) is 0 Å². The maximum atomic E-state index is 13.4. The van der Waals surface area contributed by atoms with Crippen LogP contribution in [0.15, 0.2) is 113 Å². The van der Waals surface area contributed by atoms with Gasteiger partial charge in [-0.1, -0.05) is 77.3 Å². The Kier molecular flexibility index (Phi) is 10.9. The quantitative estimate of drug-likeness (QED) is 0.100. The highest BCUT2D eigenvalue weighted by molar-refractivity contribution is 8.00. The van der Waals surface area contributed by atoms with E-state index < -0.39 is 11.8 Å². The number of aromatic nitrogens is 1. The molecule has 0 saturated heterocycles. The van der Waals surface area contributed by atoms with Crippen molar-refractivity contribution in [1.82, 2.24) is 10.3 Å². The Morgan fingerprint density at radius 3 is 2.33 bits per heavy atom. The minimum Gasteiger partial charge on any atom is -0.321 e. The summed E-state index contributed by atoms with van der Waals surface area (Å²) in [5.41, 5.74) is 2.98. The lowest BCUT2D eigenvalue weighted by Crippen LogP contribution is -2.30. The van der Waals surface area contributed by atoms with E-state index in [-0.39, 0.29) is 17.4 Å². The second-order valence-corrected chi connectivity index (χ2v) is 12.6. The van der Waals surface area contributed by atoms with Crippen molar-refractivity contribution in [3.05, 3.63) is 134 Å². The molecule has 0 bridgehead atoms. The first-order valence-electron chi connectivity index (χ1n) is 13.3. The summed E-state index contributed by atoms with van der Waals surface area (Å²) in [5, 5.41) is 12.1. The van der Waals surface area contributed by atoms with E-state index in [4.69, 9.17) is 34.8 Å². The molecule has 0 fully saturated rings. The van der Waals surface area contributed by atoms with Gasteiger partial charge >= 0.3 is 0 Å². The predicted molar refractivity (Wildman–Crippen MR) is 185 cm³/mol. The van der Waals surface area contributed by atoms with Crippen LogP contribution in [0.4, 0.5) is 10.8 Å². The third-order valence-corrected chi connectivity index (χ3v) is 8.71. The van der Waals surface area contributed by atoms with Crippen molar-refractivity contribution in [3.63, 3.8) is 0 Å². The van der Waals surface area contributed by atoms with Gasteiger partial charge in [0, 0.05) is 42.2 Å². The summed E-state index contributed by atoms with van der Waals surface area (Å²) in [7, 11) is 0. The third kappa shape index (κ3) is 9.20. The Balaban J connectivity index is 1.24. The van der Waals surface area contributed by atoms with Crippen LogP contribution >= 0.6 is 57.9 Å². The average molecular weight is 694 g/mol. The molecule has 3 amide bonds. The lowest BCUT2D eigenvalue weighted by molar-refractivity contribution is -0.114. The Bertz CT molecular complexity index is 1880. The fraction of sp³-hybridized carbons (Fsp3) is 0.0303. The monoisotopic (exact) mass is 692 g/mol. The minimum absolute atomic E-state index is 0.0214. The number of carbonyl (C=O) groups excluding carboxylic acids is 3. The first-order valence-corrected chi connectivity index (χ1v) is 16.3. The molecule has 0 atom stereocenters. The first-order chi connectivity index (χ1) is 21.7. The van der Waals surface area contributed by atoms with E-state index in [1.807, 2.05) is 23.6 Å². The summed E-state index contributed by atoms with van der Waals surface area (Å²) >= 11 is 21.0. The topological polar surface area (TPSA) is 100 Å². The van der Waals surface area contributed by atoms with E-state index in [1.165, 1.54) is 29.2 Å². The largest absolute Gasteiger partial charge is 0.321 e. The van der Waals surface area contributed by atoms with Crippen LogP contribution in [0.1, 0.15) is 15.9 Å². The molecule has 7 nitrogen and oxygen atoms in total. The number of halogens is 3. The number of thioether (sulfide) groups is 1. The lowest BCUT2D eigenvalue weighted by Gasteiger charge is -2.12. The number of carbonyl (C=O) groups is 3. The smallest absolute Gasteiger partial charge is 0.272 e. The fourth-order valence-electron chi connectivity index (χ4n) is 3.97. The van der Waals surface area contributed by atoms with Crippen molar-refractivity contribution in [3.8, 4) is 11.3 Å². The molecule has 45 heavy (non-hydrogen) atoms. The summed E-state index contributed by atoms with van der Waals surface area (Å²) in [6.07, 6.45) is 1.48. The molecular weight excluding hydrogens is 671 g/mol. The van der Waals surface area contributed by atoms with Gasteiger partial charge in [0.15, 0.2) is 5.13 Å². The molecule has 1 aromatic heterocycles. The van der Waals surface area contributed by atoms with Crippen LogP contribution < -0.4 is 16.0 Å². The minimum atomic E-state index is -0.564. The highest BCUT2D eigenvalue weighted by Gasteiger charge is 2.16. The van der Waals surface area contributed by atoms with E-state index in [9.17, 15) is 14.4 Å². The summed E-state index contributed by atoms with van der Waals surface area (Å²) in [4.78, 5) is 44.2. The van der Waals surface area contributed by atoms with E-state index in [0.29, 0.717) is 37.0 Å². The molecule has 0 aliphatic rings. The van der Waals surface area contributed by atoms with Crippen molar-refractivity contribution in [2.75, 3.05) is 16.4 Å². The highest BCUT2D eigenvalue weighted by Crippen LogP contribution is 2.28. The van der Waals surface area contributed by atoms with Crippen molar-refractivity contribution >= 4 is 92.5 Å². The molecule has 4 aromatic carbocycles. The van der Waals surface area contributed by atoms with E-state index in [2.05, 4.69) is 20.9 Å². The second-order valence-electron chi connectivity index (χ2n) is 9.41. The number of anilines is 2. The van der Waals surface area contributed by atoms with Crippen LogP contribution in [0, 0.1) is 0 Å². The molecule has 12 heteroatoms. The molecule has 1 heterocycles. The maximum Gasteiger partial charge on any atom is 0.272 e. The third-order valence-electron chi connectivity index (χ3n) is 6.14. The molecule has 0 unspecified atom stereocenters. The van der Waals surface area contributed by atoms with Gasteiger partial charge in [0.25, 0.3) is 11.8 Å². The van der Waals surface area contributed by atoms with Crippen LogP contribution in [0.3, 0.4) is 0 Å². The lowest BCUT2D eigenvalue weighted by atomic mass is 10.1. The van der Waals surface area contributed by atoms with Gasteiger partial charge in [-0.15, -0.1) is 23.1 Å². The first kappa shape index (κ1) is 32.3. The molecule has 0 spiro atoms. The zero-order valence-electron chi connectivity index (χ0n) is 23.2. The van der Waals surface area contributed by atoms with Crippen molar-refractivity contribution in [1.29, 1.82) is 0 Å². The van der Waals surface area contributed by atoms with Crippen LogP contribution in [0.25, 0.3) is 17.3 Å². The number of nitrogens with zero attached hydrogens (tertiary/aromatic N) is 1. The Morgan fingerprint density at radius 1 is 0.822 bits per heavy atom.